The summed E-state index contributed by atoms with van der Waals surface area (Å²) in [6.07, 6.45) is -0.823. The van der Waals surface area contributed by atoms with Gasteiger partial charge in [0.05, 0.1) is 6.07 Å². The Morgan fingerprint density at radius 2 is 2.07 bits per heavy atom. The number of hydrogen-bond acceptors (Lipinski definition) is 1. The van der Waals surface area contributed by atoms with E-state index in [4.69, 9.17) is 5.26 Å². The topological polar surface area (TPSA) is 23.8 Å². The fraction of sp³-hybridized carbons (Fsp3) is 0.300. The highest BCUT2D eigenvalue weighted by atomic mass is 19.3. The van der Waals surface area contributed by atoms with E-state index in [1.165, 1.54) is 6.07 Å². The number of nitrogens with zero attached hydrogens (tertiary/aromatic N) is 1. The van der Waals surface area contributed by atoms with E-state index in [9.17, 15) is 13.2 Å². The molecular formula is C10H8F3N. The molecule has 1 aromatic carbocycles. The molecule has 14 heavy (non-hydrogen) atoms. The molecule has 0 amide bonds. The Hall–Kier alpha value is -1.50. The molecule has 0 unspecified atom stereocenters. The second-order valence-electron chi connectivity index (χ2n) is 2.87. The van der Waals surface area contributed by atoms with Gasteiger partial charge in [-0.1, -0.05) is 12.1 Å². The highest BCUT2D eigenvalue weighted by Gasteiger charge is 2.30. The van der Waals surface area contributed by atoms with Gasteiger partial charge in [0.1, 0.15) is 5.82 Å². The van der Waals surface area contributed by atoms with Crippen LogP contribution in [0.3, 0.4) is 0 Å². The predicted molar refractivity (Wildman–Crippen MR) is 45.1 cm³/mol. The Bertz CT molecular complexity index is 355. The van der Waals surface area contributed by atoms with Crippen LogP contribution >= 0.6 is 0 Å². The molecule has 74 valence electrons. The number of nitriles is 1. The van der Waals surface area contributed by atoms with Gasteiger partial charge < -0.3 is 0 Å². The number of hydrogen-bond donors (Lipinski definition) is 0. The van der Waals surface area contributed by atoms with E-state index in [0.29, 0.717) is 0 Å². The van der Waals surface area contributed by atoms with Crippen LogP contribution in [0.5, 0.6) is 0 Å². The largest absolute Gasteiger partial charge is 0.274 e. The van der Waals surface area contributed by atoms with Crippen molar-refractivity contribution >= 4 is 0 Å². The maximum atomic E-state index is 13.2. The molecule has 1 nitrogen and oxygen atoms in total. The highest BCUT2D eigenvalue weighted by molar-refractivity contribution is 5.21. The third-order valence-corrected chi connectivity index (χ3v) is 1.80. The fourth-order valence-corrected chi connectivity index (χ4v) is 1.07. The summed E-state index contributed by atoms with van der Waals surface area (Å²) in [6.45, 7) is 0. The molecule has 0 aliphatic heterocycles. The molecule has 0 aliphatic rings. The maximum absolute atomic E-state index is 13.2. The molecule has 0 saturated heterocycles. The van der Waals surface area contributed by atoms with Gasteiger partial charge in [-0.25, -0.2) is 13.2 Å². The molecule has 0 radical (unpaired) electrons. The first kappa shape index (κ1) is 10.6. The molecule has 4 heteroatoms. The van der Waals surface area contributed by atoms with E-state index in [-0.39, 0.29) is 12.0 Å². The summed E-state index contributed by atoms with van der Waals surface area (Å²) >= 11 is 0. The monoisotopic (exact) mass is 199 g/mol. The summed E-state index contributed by atoms with van der Waals surface area (Å²) in [6, 6.07) is 5.90. The summed E-state index contributed by atoms with van der Waals surface area (Å²) in [5.41, 5.74) is -0.382. The van der Waals surface area contributed by atoms with Crippen molar-refractivity contribution in [3.63, 3.8) is 0 Å². The average Bonchev–Trinajstić information content (AvgIpc) is 2.15. The number of halogens is 3. The molecule has 0 aromatic heterocycles. The van der Waals surface area contributed by atoms with Crippen LogP contribution < -0.4 is 0 Å². The van der Waals surface area contributed by atoms with E-state index < -0.39 is 18.2 Å². The predicted octanol–water partition coefficient (Wildman–Crippen LogP) is 3.22. The second-order valence-corrected chi connectivity index (χ2v) is 2.87. The normalized spacial score (nSPS) is 11.0. The third-order valence-electron chi connectivity index (χ3n) is 1.80. The Kier molecular flexibility index (Phi) is 3.13. The van der Waals surface area contributed by atoms with Gasteiger partial charge in [0.25, 0.3) is 5.92 Å². The molecule has 0 fully saturated rings. The molecule has 0 aliphatic carbocycles. The molecule has 1 rings (SSSR count). The SMILES string of the molecule is N#CCCC(F)(F)c1cccc(F)c1. The van der Waals surface area contributed by atoms with Crippen molar-refractivity contribution in [3.05, 3.63) is 35.6 Å². The summed E-state index contributed by atoms with van der Waals surface area (Å²) in [7, 11) is 0. The van der Waals surface area contributed by atoms with Crippen molar-refractivity contribution < 1.29 is 13.2 Å². The molecule has 0 saturated carbocycles. The van der Waals surface area contributed by atoms with E-state index in [0.717, 1.165) is 18.2 Å². The van der Waals surface area contributed by atoms with Crippen molar-refractivity contribution in [1.29, 1.82) is 5.26 Å². The maximum Gasteiger partial charge on any atom is 0.274 e. The Balaban J connectivity index is 2.87. The lowest BCUT2D eigenvalue weighted by molar-refractivity contribution is -0.0122. The molecule has 0 atom stereocenters. The van der Waals surface area contributed by atoms with Gasteiger partial charge >= 0.3 is 0 Å². The van der Waals surface area contributed by atoms with Crippen molar-refractivity contribution in [3.8, 4) is 6.07 Å². The van der Waals surface area contributed by atoms with Crippen molar-refractivity contribution in [1.82, 2.24) is 0 Å². The Labute approximate surface area is 79.8 Å². The summed E-state index contributed by atoms with van der Waals surface area (Å²) in [4.78, 5) is 0. The van der Waals surface area contributed by atoms with Crippen molar-refractivity contribution in [2.45, 2.75) is 18.8 Å². The average molecular weight is 199 g/mol. The fourth-order valence-electron chi connectivity index (χ4n) is 1.07. The number of alkyl halides is 2. The molecule has 1 aromatic rings. The molecule has 0 heterocycles. The number of benzene rings is 1. The lowest BCUT2D eigenvalue weighted by Crippen LogP contribution is -2.12. The van der Waals surface area contributed by atoms with Crippen LogP contribution in [-0.4, -0.2) is 0 Å². The van der Waals surface area contributed by atoms with E-state index in [1.54, 1.807) is 6.07 Å². The minimum Gasteiger partial charge on any atom is -0.207 e. The van der Waals surface area contributed by atoms with Crippen LogP contribution in [-0.2, 0) is 5.92 Å². The van der Waals surface area contributed by atoms with Crippen LogP contribution in [0.1, 0.15) is 18.4 Å². The van der Waals surface area contributed by atoms with Gasteiger partial charge in [-0.3, -0.25) is 0 Å². The first-order valence-corrected chi connectivity index (χ1v) is 4.07. The molecule has 0 N–H and O–H groups in total. The standard InChI is InChI=1S/C10H8F3N/c11-9-4-1-3-8(7-9)10(12,13)5-2-6-14/h1,3-4,7H,2,5H2. The van der Waals surface area contributed by atoms with Crippen LogP contribution in [0.2, 0.25) is 0 Å². The first-order valence-electron chi connectivity index (χ1n) is 4.07. The smallest absolute Gasteiger partial charge is 0.207 e. The zero-order chi connectivity index (χ0) is 10.6. The Morgan fingerprint density at radius 3 is 2.64 bits per heavy atom. The quantitative estimate of drug-likeness (QED) is 0.733. The highest BCUT2D eigenvalue weighted by Crippen LogP contribution is 2.32. The van der Waals surface area contributed by atoms with Crippen molar-refractivity contribution in [2.24, 2.45) is 0 Å². The van der Waals surface area contributed by atoms with E-state index >= 15 is 0 Å². The zero-order valence-corrected chi connectivity index (χ0v) is 7.30. The minimum absolute atomic E-state index is 0.247. The summed E-state index contributed by atoms with van der Waals surface area (Å²) in [5.74, 6) is -3.82. The number of rotatable bonds is 3. The zero-order valence-electron chi connectivity index (χ0n) is 7.30. The molecule has 0 spiro atoms. The van der Waals surface area contributed by atoms with Gasteiger partial charge in [0.15, 0.2) is 0 Å². The summed E-state index contributed by atoms with van der Waals surface area (Å²) < 4.78 is 39.0. The molecule has 0 bridgehead atoms. The minimum atomic E-state index is -3.13. The van der Waals surface area contributed by atoms with Crippen LogP contribution in [0.25, 0.3) is 0 Å². The van der Waals surface area contributed by atoms with Crippen LogP contribution in [0.15, 0.2) is 24.3 Å². The van der Waals surface area contributed by atoms with Gasteiger partial charge in [-0.05, 0) is 12.1 Å². The van der Waals surface area contributed by atoms with Crippen molar-refractivity contribution in [2.75, 3.05) is 0 Å². The van der Waals surface area contributed by atoms with Gasteiger partial charge in [-0.2, -0.15) is 5.26 Å². The first-order chi connectivity index (χ1) is 6.56. The van der Waals surface area contributed by atoms with Gasteiger partial charge in [-0.15, -0.1) is 0 Å². The Morgan fingerprint density at radius 1 is 1.36 bits per heavy atom. The lowest BCUT2D eigenvalue weighted by atomic mass is 10.0. The lowest BCUT2D eigenvalue weighted by Gasteiger charge is -2.14. The molecular weight excluding hydrogens is 191 g/mol. The van der Waals surface area contributed by atoms with E-state index in [1.807, 2.05) is 0 Å². The second kappa shape index (κ2) is 4.14. The summed E-state index contributed by atoms with van der Waals surface area (Å²) in [5, 5.41) is 8.17. The van der Waals surface area contributed by atoms with E-state index in [2.05, 4.69) is 0 Å². The van der Waals surface area contributed by atoms with Crippen LogP contribution in [0, 0.1) is 17.1 Å². The van der Waals surface area contributed by atoms with Gasteiger partial charge in [0.2, 0.25) is 0 Å². The third kappa shape index (κ3) is 2.49. The van der Waals surface area contributed by atoms with Crippen LogP contribution in [0.4, 0.5) is 13.2 Å². The van der Waals surface area contributed by atoms with Gasteiger partial charge in [0, 0.05) is 18.4 Å².